The summed E-state index contributed by atoms with van der Waals surface area (Å²) in [5, 5.41) is 6.37. The fraction of sp³-hybridized carbons (Fsp3) is 0.118. The number of thiophene rings is 1. The molecular formula is C17H14N2O4S. The van der Waals surface area contributed by atoms with Gasteiger partial charge in [0.05, 0.1) is 12.8 Å². The molecule has 7 heteroatoms. The van der Waals surface area contributed by atoms with Crippen molar-refractivity contribution in [3.63, 3.8) is 0 Å². The number of methoxy groups -OCH3 is 1. The molecule has 0 radical (unpaired) electrons. The molecule has 0 spiro atoms. The molecule has 0 atom stereocenters. The van der Waals surface area contributed by atoms with E-state index in [0.29, 0.717) is 16.3 Å². The molecule has 0 aliphatic rings. The van der Waals surface area contributed by atoms with Gasteiger partial charge in [-0.2, -0.15) is 0 Å². The zero-order valence-electron chi connectivity index (χ0n) is 13.0. The van der Waals surface area contributed by atoms with Crippen molar-refractivity contribution >= 4 is 28.9 Å². The monoisotopic (exact) mass is 342 g/mol. The summed E-state index contributed by atoms with van der Waals surface area (Å²) in [6.07, 6.45) is 0. The highest BCUT2D eigenvalue weighted by atomic mass is 32.1. The molecule has 3 aromatic rings. The summed E-state index contributed by atoms with van der Waals surface area (Å²) in [6, 6.07) is 12.9. The van der Waals surface area contributed by atoms with Crippen LogP contribution in [0.25, 0.3) is 10.4 Å². The Morgan fingerprint density at radius 1 is 1.21 bits per heavy atom. The highest BCUT2D eigenvalue weighted by Gasteiger charge is 2.21. The molecule has 6 nitrogen and oxygen atoms in total. The minimum Gasteiger partial charge on any atom is -0.465 e. The highest BCUT2D eigenvalue weighted by molar-refractivity contribution is 7.18. The number of hydrogen-bond donors (Lipinski definition) is 1. The van der Waals surface area contributed by atoms with Crippen molar-refractivity contribution in [1.82, 2.24) is 5.16 Å². The molecule has 1 amide bonds. The lowest BCUT2D eigenvalue weighted by molar-refractivity contribution is 0.0607. The smallest absolute Gasteiger partial charge is 0.350 e. The van der Waals surface area contributed by atoms with Gasteiger partial charge in [0.2, 0.25) is 0 Å². The van der Waals surface area contributed by atoms with Crippen LogP contribution in [0.1, 0.15) is 25.9 Å². The Labute approximate surface area is 142 Å². The van der Waals surface area contributed by atoms with Gasteiger partial charge in [0, 0.05) is 10.9 Å². The van der Waals surface area contributed by atoms with Crippen LogP contribution in [0, 0.1) is 6.92 Å². The molecule has 0 bridgehead atoms. The van der Waals surface area contributed by atoms with Crippen LogP contribution in [-0.4, -0.2) is 24.1 Å². The van der Waals surface area contributed by atoms with Gasteiger partial charge in [0.15, 0.2) is 5.69 Å². The molecule has 0 fully saturated rings. The average Bonchev–Trinajstić information content (AvgIpc) is 3.21. The number of esters is 1. The summed E-state index contributed by atoms with van der Waals surface area (Å²) in [5.41, 5.74) is 1.48. The zero-order valence-corrected chi connectivity index (χ0v) is 13.8. The number of aromatic nitrogens is 1. The summed E-state index contributed by atoms with van der Waals surface area (Å²) >= 11 is 1.25. The summed E-state index contributed by atoms with van der Waals surface area (Å²) in [4.78, 5) is 25.4. The number of rotatable bonds is 4. The Morgan fingerprint density at radius 3 is 2.58 bits per heavy atom. The van der Waals surface area contributed by atoms with Gasteiger partial charge in [0.25, 0.3) is 5.91 Å². The first kappa shape index (κ1) is 15.9. The number of carbonyl (C=O) groups is 2. The minimum absolute atomic E-state index is 0.149. The number of ether oxygens (including phenoxy) is 1. The Balaban J connectivity index is 1.95. The topological polar surface area (TPSA) is 81.4 Å². The highest BCUT2D eigenvalue weighted by Crippen LogP contribution is 2.35. The van der Waals surface area contributed by atoms with Crippen molar-refractivity contribution in [2.75, 3.05) is 12.4 Å². The Morgan fingerprint density at radius 2 is 1.96 bits per heavy atom. The molecular weight excluding hydrogens is 328 g/mol. The van der Waals surface area contributed by atoms with Gasteiger partial charge in [-0.3, -0.25) is 4.79 Å². The Hall–Kier alpha value is -2.93. The van der Waals surface area contributed by atoms with E-state index in [4.69, 9.17) is 9.26 Å². The van der Waals surface area contributed by atoms with E-state index < -0.39 is 11.9 Å². The first-order valence-electron chi connectivity index (χ1n) is 7.10. The lowest BCUT2D eigenvalue weighted by Crippen LogP contribution is -2.14. The molecule has 24 heavy (non-hydrogen) atoms. The van der Waals surface area contributed by atoms with Crippen LogP contribution in [-0.2, 0) is 4.74 Å². The second-order valence-corrected chi connectivity index (χ2v) is 6.04. The van der Waals surface area contributed by atoms with Gasteiger partial charge >= 0.3 is 5.97 Å². The second-order valence-electron chi connectivity index (χ2n) is 4.99. The summed E-state index contributed by atoms with van der Waals surface area (Å²) < 4.78 is 9.70. The number of nitrogens with zero attached hydrogens (tertiary/aromatic N) is 1. The summed E-state index contributed by atoms with van der Waals surface area (Å²) in [5.74, 6) is -0.424. The predicted octanol–water partition coefficient (Wildman–Crippen LogP) is 3.75. The molecule has 0 aliphatic carbocycles. The van der Waals surface area contributed by atoms with Crippen molar-refractivity contribution in [1.29, 1.82) is 0 Å². The molecule has 122 valence electrons. The van der Waals surface area contributed by atoms with E-state index in [-0.39, 0.29) is 5.69 Å². The number of benzene rings is 1. The van der Waals surface area contributed by atoms with E-state index in [1.165, 1.54) is 24.5 Å². The zero-order chi connectivity index (χ0) is 17.1. The minimum atomic E-state index is -0.506. The molecule has 2 heterocycles. The lowest BCUT2D eigenvalue weighted by Gasteiger charge is -2.02. The third-order valence-corrected chi connectivity index (χ3v) is 4.43. The van der Waals surface area contributed by atoms with E-state index >= 15 is 0 Å². The number of amides is 1. The second kappa shape index (κ2) is 6.67. The SMILES string of the molecule is COC(=O)c1sc(-c2ccccc2)cc1NC(=O)c1cc(C)on1. The van der Waals surface area contributed by atoms with Crippen molar-refractivity contribution in [3.05, 3.63) is 58.8 Å². The van der Waals surface area contributed by atoms with E-state index in [1.54, 1.807) is 13.0 Å². The van der Waals surface area contributed by atoms with Gasteiger partial charge < -0.3 is 14.6 Å². The first-order chi connectivity index (χ1) is 11.6. The van der Waals surface area contributed by atoms with Gasteiger partial charge in [0.1, 0.15) is 10.6 Å². The van der Waals surface area contributed by atoms with Gasteiger partial charge in [-0.25, -0.2) is 4.79 Å². The van der Waals surface area contributed by atoms with Crippen molar-refractivity contribution in [2.45, 2.75) is 6.92 Å². The summed E-state index contributed by atoms with van der Waals surface area (Å²) in [7, 11) is 1.30. The van der Waals surface area contributed by atoms with Crippen LogP contribution in [0.2, 0.25) is 0 Å². The van der Waals surface area contributed by atoms with Crippen LogP contribution < -0.4 is 5.32 Å². The van der Waals surface area contributed by atoms with Gasteiger partial charge in [-0.15, -0.1) is 11.3 Å². The molecule has 0 unspecified atom stereocenters. The van der Waals surface area contributed by atoms with Crippen LogP contribution >= 0.6 is 11.3 Å². The van der Waals surface area contributed by atoms with E-state index in [9.17, 15) is 9.59 Å². The van der Waals surface area contributed by atoms with Crippen molar-refractivity contribution < 1.29 is 18.8 Å². The van der Waals surface area contributed by atoms with Crippen LogP contribution in [0.4, 0.5) is 5.69 Å². The number of aryl methyl sites for hydroxylation is 1. The third-order valence-electron chi connectivity index (χ3n) is 3.27. The Kier molecular flexibility index (Phi) is 4.43. The normalized spacial score (nSPS) is 10.4. The summed E-state index contributed by atoms with van der Waals surface area (Å²) in [6.45, 7) is 1.70. The molecule has 1 N–H and O–H groups in total. The number of carbonyl (C=O) groups excluding carboxylic acids is 2. The molecule has 0 aliphatic heterocycles. The molecule has 2 aromatic heterocycles. The van der Waals surface area contributed by atoms with Gasteiger partial charge in [-0.1, -0.05) is 35.5 Å². The van der Waals surface area contributed by atoms with E-state index in [2.05, 4.69) is 10.5 Å². The molecule has 0 saturated carbocycles. The fourth-order valence-corrected chi connectivity index (χ4v) is 3.17. The first-order valence-corrected chi connectivity index (χ1v) is 7.92. The average molecular weight is 342 g/mol. The van der Waals surface area contributed by atoms with Crippen LogP contribution in [0.3, 0.4) is 0 Å². The molecule has 3 rings (SSSR count). The standard InChI is InChI=1S/C17H14N2O4S/c1-10-8-13(19-23-10)16(20)18-12-9-14(11-6-4-3-5-7-11)24-15(12)17(21)22-2/h3-9H,1-2H3,(H,18,20). The van der Waals surface area contributed by atoms with Gasteiger partial charge in [-0.05, 0) is 18.6 Å². The molecule has 0 saturated heterocycles. The van der Waals surface area contributed by atoms with Crippen molar-refractivity contribution in [3.8, 4) is 10.4 Å². The lowest BCUT2D eigenvalue weighted by atomic mass is 10.2. The van der Waals surface area contributed by atoms with Crippen LogP contribution in [0.5, 0.6) is 0 Å². The number of nitrogens with one attached hydrogen (secondary N) is 1. The molecule has 1 aromatic carbocycles. The number of hydrogen-bond acceptors (Lipinski definition) is 6. The van der Waals surface area contributed by atoms with Crippen molar-refractivity contribution in [2.24, 2.45) is 0 Å². The van der Waals surface area contributed by atoms with Crippen LogP contribution in [0.15, 0.2) is 47.0 Å². The Bertz CT molecular complexity index is 883. The largest absolute Gasteiger partial charge is 0.465 e. The maximum Gasteiger partial charge on any atom is 0.350 e. The fourth-order valence-electron chi connectivity index (χ4n) is 2.13. The number of anilines is 1. The quantitative estimate of drug-likeness (QED) is 0.730. The maximum absolute atomic E-state index is 12.3. The third kappa shape index (κ3) is 3.21. The maximum atomic E-state index is 12.3. The van der Waals surface area contributed by atoms with E-state index in [0.717, 1.165) is 10.4 Å². The van der Waals surface area contributed by atoms with E-state index in [1.807, 2.05) is 30.3 Å². The predicted molar refractivity (Wildman–Crippen MR) is 90.3 cm³/mol.